The third kappa shape index (κ3) is 2.38. The summed E-state index contributed by atoms with van der Waals surface area (Å²) in [5.41, 5.74) is -0.258. The molecule has 0 saturated carbocycles. The molecule has 0 aliphatic rings. The van der Waals surface area contributed by atoms with Gasteiger partial charge in [-0.15, -0.1) is 0 Å². The van der Waals surface area contributed by atoms with Gasteiger partial charge in [0.1, 0.15) is 3.57 Å². The van der Waals surface area contributed by atoms with E-state index in [0.29, 0.717) is 5.69 Å². The summed E-state index contributed by atoms with van der Waals surface area (Å²) in [7, 11) is 0. The van der Waals surface area contributed by atoms with Crippen molar-refractivity contribution in [1.82, 2.24) is 9.78 Å². The average Bonchev–Trinajstić information content (AvgIpc) is 2.67. The van der Waals surface area contributed by atoms with E-state index in [9.17, 15) is 14.4 Å². The molecule has 0 bridgehead atoms. The average molecular weight is 374 g/mol. The molecule has 7 nitrogen and oxygen atoms in total. The quantitative estimate of drug-likeness (QED) is 0.699. The summed E-state index contributed by atoms with van der Waals surface area (Å²) in [6.07, 6.45) is 0. The van der Waals surface area contributed by atoms with Crippen LogP contribution in [0.4, 0.5) is 0 Å². The third-order valence-corrected chi connectivity index (χ3v) is 3.42. The number of benzene rings is 1. The van der Waals surface area contributed by atoms with E-state index in [-0.39, 0.29) is 14.8 Å². The number of carbonyl (C=O) groups is 2. The number of nitrogens with zero attached hydrogens (tertiary/aromatic N) is 1. The van der Waals surface area contributed by atoms with Gasteiger partial charge >= 0.3 is 11.9 Å². The van der Waals surface area contributed by atoms with Gasteiger partial charge < -0.3 is 10.2 Å². The van der Waals surface area contributed by atoms with Crippen LogP contribution in [0.5, 0.6) is 0 Å². The van der Waals surface area contributed by atoms with Gasteiger partial charge in [-0.05, 0) is 46.9 Å². The summed E-state index contributed by atoms with van der Waals surface area (Å²) >= 11 is 1.65. The van der Waals surface area contributed by atoms with Gasteiger partial charge in [0.25, 0.3) is 5.56 Å². The highest BCUT2D eigenvalue weighted by atomic mass is 127. The van der Waals surface area contributed by atoms with Crippen molar-refractivity contribution in [3.05, 3.63) is 49.4 Å². The molecular formula is C11H7IN2O5. The lowest BCUT2D eigenvalue weighted by atomic mass is 10.2. The van der Waals surface area contributed by atoms with Crippen LogP contribution < -0.4 is 5.56 Å². The number of carboxylic acid groups (broad SMARTS) is 2. The summed E-state index contributed by atoms with van der Waals surface area (Å²) in [4.78, 5) is 33.5. The summed E-state index contributed by atoms with van der Waals surface area (Å²) in [5, 5.41) is 20.1. The zero-order valence-corrected chi connectivity index (χ0v) is 11.4. The standard InChI is InChI=1S/C11H7IN2O5/c12-7-8(11(18)19)13-14(9(7)15)6-3-1-5(2-4-6)10(16)17/h1-4,13H,(H,16,17)(H,18,19). The number of H-pyrrole nitrogens is 1. The number of halogens is 1. The predicted molar refractivity (Wildman–Crippen MR) is 73.0 cm³/mol. The Balaban J connectivity index is 2.53. The first-order valence-electron chi connectivity index (χ1n) is 4.99. The highest BCUT2D eigenvalue weighted by Gasteiger charge is 2.18. The van der Waals surface area contributed by atoms with Crippen molar-refractivity contribution in [1.29, 1.82) is 0 Å². The molecule has 0 aliphatic heterocycles. The van der Waals surface area contributed by atoms with E-state index in [4.69, 9.17) is 10.2 Å². The molecule has 2 rings (SSSR count). The third-order valence-electron chi connectivity index (χ3n) is 2.42. The minimum atomic E-state index is -1.23. The summed E-state index contributed by atoms with van der Waals surface area (Å²) in [6.45, 7) is 0. The van der Waals surface area contributed by atoms with E-state index in [2.05, 4.69) is 5.10 Å². The monoisotopic (exact) mass is 374 g/mol. The Kier molecular flexibility index (Phi) is 3.42. The fourth-order valence-corrected chi connectivity index (χ4v) is 2.09. The van der Waals surface area contributed by atoms with Gasteiger partial charge in [0.05, 0.1) is 11.3 Å². The molecule has 1 heterocycles. The molecule has 0 radical (unpaired) electrons. The predicted octanol–water partition coefficient (Wildman–Crippen LogP) is 1.17. The van der Waals surface area contributed by atoms with E-state index in [1.165, 1.54) is 24.3 Å². The van der Waals surface area contributed by atoms with E-state index in [1.54, 1.807) is 22.6 Å². The molecule has 1 aromatic heterocycles. The first-order chi connectivity index (χ1) is 8.91. The number of nitrogens with one attached hydrogen (secondary N) is 1. The van der Waals surface area contributed by atoms with Gasteiger partial charge in [-0.2, -0.15) is 0 Å². The minimum absolute atomic E-state index is 0.0624. The van der Waals surface area contributed by atoms with E-state index < -0.39 is 17.5 Å². The molecule has 3 N–H and O–H groups in total. The van der Waals surface area contributed by atoms with Gasteiger partial charge in [-0.25, -0.2) is 14.3 Å². The van der Waals surface area contributed by atoms with E-state index in [1.807, 2.05) is 0 Å². The highest BCUT2D eigenvalue weighted by Crippen LogP contribution is 2.11. The second-order valence-corrected chi connectivity index (χ2v) is 4.68. The number of hydrogen-bond donors (Lipinski definition) is 3. The Morgan fingerprint density at radius 1 is 1.11 bits per heavy atom. The van der Waals surface area contributed by atoms with Gasteiger partial charge in [0.2, 0.25) is 0 Å². The van der Waals surface area contributed by atoms with Gasteiger partial charge in [0.15, 0.2) is 5.69 Å². The number of aromatic carboxylic acids is 2. The zero-order chi connectivity index (χ0) is 14.2. The van der Waals surface area contributed by atoms with Gasteiger partial charge in [0, 0.05) is 0 Å². The summed E-state index contributed by atoms with van der Waals surface area (Å²) in [6, 6.07) is 5.50. The summed E-state index contributed by atoms with van der Waals surface area (Å²) < 4.78 is 1.11. The van der Waals surface area contributed by atoms with Crippen LogP contribution in [-0.4, -0.2) is 31.9 Å². The number of hydrogen-bond acceptors (Lipinski definition) is 3. The number of aromatic nitrogens is 2. The molecule has 19 heavy (non-hydrogen) atoms. The van der Waals surface area contributed by atoms with Crippen molar-refractivity contribution in [3.8, 4) is 5.69 Å². The minimum Gasteiger partial charge on any atom is -0.478 e. The molecule has 0 fully saturated rings. The number of aromatic amines is 1. The van der Waals surface area contributed by atoms with Crippen LogP contribution in [0.3, 0.4) is 0 Å². The Morgan fingerprint density at radius 3 is 2.11 bits per heavy atom. The molecule has 0 atom stereocenters. The fourth-order valence-electron chi connectivity index (χ4n) is 1.49. The topological polar surface area (TPSA) is 112 Å². The lowest BCUT2D eigenvalue weighted by molar-refractivity contribution is 0.0681. The van der Waals surface area contributed by atoms with E-state index in [0.717, 1.165) is 4.68 Å². The summed E-state index contributed by atoms with van der Waals surface area (Å²) in [5.74, 6) is -2.31. The largest absolute Gasteiger partial charge is 0.478 e. The van der Waals surface area contributed by atoms with Crippen LogP contribution in [0.2, 0.25) is 0 Å². The van der Waals surface area contributed by atoms with Crippen molar-refractivity contribution in [3.63, 3.8) is 0 Å². The van der Waals surface area contributed by atoms with Crippen LogP contribution in [-0.2, 0) is 0 Å². The molecule has 0 aliphatic carbocycles. The molecule has 8 heteroatoms. The first kappa shape index (κ1) is 13.3. The number of carboxylic acids is 2. The normalized spacial score (nSPS) is 10.4. The molecule has 98 valence electrons. The SMILES string of the molecule is O=C(O)c1ccc(-n2[nH]c(C(=O)O)c(I)c2=O)cc1. The van der Waals surface area contributed by atoms with Crippen molar-refractivity contribution in [2.75, 3.05) is 0 Å². The molecule has 1 aromatic carbocycles. The highest BCUT2D eigenvalue weighted by molar-refractivity contribution is 14.1. The van der Waals surface area contributed by atoms with Crippen LogP contribution in [0.25, 0.3) is 5.69 Å². The molecule has 0 unspecified atom stereocenters. The lowest BCUT2D eigenvalue weighted by Gasteiger charge is -2.01. The maximum atomic E-state index is 11.9. The molecule has 0 amide bonds. The second kappa shape index (κ2) is 4.88. The Bertz CT molecular complexity index is 714. The van der Waals surface area contributed by atoms with Crippen LogP contribution in [0.15, 0.2) is 29.1 Å². The van der Waals surface area contributed by atoms with Crippen LogP contribution >= 0.6 is 22.6 Å². The van der Waals surface area contributed by atoms with Crippen molar-refractivity contribution in [2.24, 2.45) is 0 Å². The Hall–Kier alpha value is -2.10. The lowest BCUT2D eigenvalue weighted by Crippen LogP contribution is -2.16. The maximum Gasteiger partial charge on any atom is 0.355 e. The Morgan fingerprint density at radius 2 is 1.68 bits per heavy atom. The van der Waals surface area contributed by atoms with Crippen LogP contribution in [0.1, 0.15) is 20.8 Å². The molecule has 0 saturated heterocycles. The van der Waals surface area contributed by atoms with Gasteiger partial charge in [-0.3, -0.25) is 9.89 Å². The molecule has 0 spiro atoms. The van der Waals surface area contributed by atoms with Crippen molar-refractivity contribution >= 4 is 34.5 Å². The first-order valence-corrected chi connectivity index (χ1v) is 6.07. The Labute approximate surface area is 119 Å². The second-order valence-electron chi connectivity index (χ2n) is 3.60. The number of rotatable bonds is 3. The van der Waals surface area contributed by atoms with Crippen LogP contribution in [0, 0.1) is 3.57 Å². The fraction of sp³-hybridized carbons (Fsp3) is 0. The van der Waals surface area contributed by atoms with Crippen molar-refractivity contribution < 1.29 is 19.8 Å². The maximum absolute atomic E-state index is 11.9. The smallest absolute Gasteiger partial charge is 0.355 e. The van der Waals surface area contributed by atoms with E-state index >= 15 is 0 Å². The molecular weight excluding hydrogens is 367 g/mol. The zero-order valence-electron chi connectivity index (χ0n) is 9.25. The van der Waals surface area contributed by atoms with Crippen molar-refractivity contribution in [2.45, 2.75) is 0 Å². The molecule has 2 aromatic rings. The van der Waals surface area contributed by atoms with Gasteiger partial charge in [-0.1, -0.05) is 0 Å².